The van der Waals surface area contributed by atoms with Crippen molar-refractivity contribution in [1.82, 2.24) is 20.5 Å². The molecule has 0 radical (unpaired) electrons. The molecule has 2 aromatic heterocycles. The molecule has 3 rings (SSSR count). The van der Waals surface area contributed by atoms with Gasteiger partial charge in [0.1, 0.15) is 17.6 Å². The third kappa shape index (κ3) is 3.75. The molecular formula is C18H16FN5O2. The molecule has 0 aliphatic heterocycles. The Balaban J connectivity index is 1.88. The van der Waals surface area contributed by atoms with E-state index in [2.05, 4.69) is 20.5 Å². The minimum absolute atomic E-state index is 0.132. The summed E-state index contributed by atoms with van der Waals surface area (Å²) in [5.74, 6) is -1.48. The molecule has 0 unspecified atom stereocenters. The monoisotopic (exact) mass is 353 g/mol. The molecule has 0 bridgehead atoms. The third-order valence-electron chi connectivity index (χ3n) is 3.77. The molecule has 7 nitrogen and oxygen atoms in total. The van der Waals surface area contributed by atoms with Gasteiger partial charge in [0.2, 0.25) is 5.91 Å². The first kappa shape index (κ1) is 17.3. The zero-order valence-corrected chi connectivity index (χ0v) is 13.9. The van der Waals surface area contributed by atoms with Crippen LogP contribution >= 0.6 is 0 Å². The fourth-order valence-electron chi connectivity index (χ4n) is 2.32. The van der Waals surface area contributed by atoms with Gasteiger partial charge in [0, 0.05) is 5.39 Å². The normalized spacial score (nSPS) is 12.4. The number of carbonyl (C=O) groups excluding carboxylic acids is 2. The Morgan fingerprint density at radius 2 is 2.12 bits per heavy atom. The fourth-order valence-corrected chi connectivity index (χ4v) is 2.32. The second-order valence-corrected chi connectivity index (χ2v) is 5.71. The predicted octanol–water partition coefficient (Wildman–Crippen LogP) is 1.87. The van der Waals surface area contributed by atoms with Crippen molar-refractivity contribution in [2.45, 2.75) is 13.0 Å². The van der Waals surface area contributed by atoms with E-state index >= 15 is 0 Å². The summed E-state index contributed by atoms with van der Waals surface area (Å²) >= 11 is 0. The van der Waals surface area contributed by atoms with Crippen LogP contribution in [-0.2, 0) is 4.79 Å². The minimum Gasteiger partial charge on any atom is -0.368 e. The van der Waals surface area contributed by atoms with E-state index in [1.54, 1.807) is 30.4 Å². The molecule has 8 heteroatoms. The number of aromatic nitrogens is 3. The Hall–Kier alpha value is -3.55. The molecule has 0 saturated carbocycles. The fraction of sp³-hybridized carbons (Fsp3) is 0.111. The van der Waals surface area contributed by atoms with Crippen molar-refractivity contribution in [3.8, 4) is 0 Å². The Morgan fingerprint density at radius 3 is 2.85 bits per heavy atom. The second kappa shape index (κ2) is 7.14. The van der Waals surface area contributed by atoms with Gasteiger partial charge < -0.3 is 11.1 Å². The van der Waals surface area contributed by atoms with Crippen molar-refractivity contribution < 1.29 is 14.0 Å². The number of nitrogens with one attached hydrogen (secondary N) is 2. The highest BCUT2D eigenvalue weighted by Crippen LogP contribution is 2.19. The zero-order valence-electron chi connectivity index (χ0n) is 13.9. The quantitative estimate of drug-likeness (QED) is 0.650. The van der Waals surface area contributed by atoms with E-state index in [1.165, 1.54) is 25.3 Å². The van der Waals surface area contributed by atoms with Gasteiger partial charge in [-0.2, -0.15) is 5.10 Å². The molecule has 26 heavy (non-hydrogen) atoms. The largest absolute Gasteiger partial charge is 0.368 e. The number of rotatable bonds is 5. The standard InChI is InChI=1S/C18H16FN5O2/c1-10(17(20)25)22-18(26)15-8-13-14(23-24-16(13)9-21-15)6-5-11-3-2-4-12(19)7-11/h2-10H,1H3,(H2,20,25)(H,22,26)(H,23,24)/t10-/m0/s1. The van der Waals surface area contributed by atoms with Crippen LogP contribution in [0.2, 0.25) is 0 Å². The van der Waals surface area contributed by atoms with Crippen molar-refractivity contribution >= 4 is 34.9 Å². The lowest BCUT2D eigenvalue weighted by molar-refractivity contribution is -0.119. The highest BCUT2D eigenvalue weighted by molar-refractivity contribution is 5.99. The van der Waals surface area contributed by atoms with Gasteiger partial charge >= 0.3 is 0 Å². The molecular weight excluding hydrogens is 337 g/mol. The van der Waals surface area contributed by atoms with Crippen molar-refractivity contribution in [1.29, 1.82) is 0 Å². The number of halogens is 1. The summed E-state index contributed by atoms with van der Waals surface area (Å²) in [6.07, 6.45) is 4.90. The molecule has 0 spiro atoms. The van der Waals surface area contributed by atoms with Crippen LogP contribution in [0.5, 0.6) is 0 Å². The lowest BCUT2D eigenvalue weighted by Crippen LogP contribution is -2.42. The van der Waals surface area contributed by atoms with Crippen LogP contribution in [0.25, 0.3) is 23.1 Å². The van der Waals surface area contributed by atoms with Crippen molar-refractivity contribution in [2.75, 3.05) is 0 Å². The average molecular weight is 353 g/mol. The number of pyridine rings is 1. The Labute approximate surface area is 148 Å². The summed E-state index contributed by atoms with van der Waals surface area (Å²) in [5.41, 5.74) is 7.17. The van der Waals surface area contributed by atoms with Crippen LogP contribution < -0.4 is 11.1 Å². The Morgan fingerprint density at radius 1 is 1.31 bits per heavy atom. The average Bonchev–Trinajstić information content (AvgIpc) is 3.02. The van der Waals surface area contributed by atoms with Gasteiger partial charge in [0.25, 0.3) is 5.91 Å². The van der Waals surface area contributed by atoms with Crippen LogP contribution in [0.3, 0.4) is 0 Å². The van der Waals surface area contributed by atoms with Crippen molar-refractivity contribution in [3.63, 3.8) is 0 Å². The zero-order chi connectivity index (χ0) is 18.7. The number of carbonyl (C=O) groups is 2. The van der Waals surface area contributed by atoms with Crippen LogP contribution in [-0.4, -0.2) is 33.0 Å². The maximum Gasteiger partial charge on any atom is 0.270 e. The summed E-state index contributed by atoms with van der Waals surface area (Å²) in [7, 11) is 0. The highest BCUT2D eigenvalue weighted by atomic mass is 19.1. The van der Waals surface area contributed by atoms with Crippen molar-refractivity contribution in [3.05, 3.63) is 59.3 Å². The highest BCUT2D eigenvalue weighted by Gasteiger charge is 2.16. The van der Waals surface area contributed by atoms with Gasteiger partial charge in [0.05, 0.1) is 17.4 Å². The number of hydrogen-bond donors (Lipinski definition) is 3. The number of nitrogens with zero attached hydrogens (tertiary/aromatic N) is 2. The van der Waals surface area contributed by atoms with E-state index in [-0.39, 0.29) is 11.5 Å². The van der Waals surface area contributed by atoms with E-state index in [0.717, 1.165) is 0 Å². The summed E-state index contributed by atoms with van der Waals surface area (Å²) in [6.45, 7) is 1.49. The molecule has 0 aliphatic carbocycles. The van der Waals surface area contributed by atoms with Crippen LogP contribution in [0.4, 0.5) is 4.39 Å². The summed E-state index contributed by atoms with van der Waals surface area (Å²) in [6, 6.07) is 6.90. The van der Waals surface area contributed by atoms with Gasteiger partial charge in [-0.25, -0.2) is 9.37 Å². The third-order valence-corrected chi connectivity index (χ3v) is 3.77. The smallest absolute Gasteiger partial charge is 0.270 e. The second-order valence-electron chi connectivity index (χ2n) is 5.71. The molecule has 4 N–H and O–H groups in total. The minimum atomic E-state index is -0.809. The molecule has 2 amide bonds. The van der Waals surface area contributed by atoms with Crippen LogP contribution in [0, 0.1) is 5.82 Å². The van der Waals surface area contributed by atoms with E-state index in [0.29, 0.717) is 22.2 Å². The molecule has 0 saturated heterocycles. The predicted molar refractivity (Wildman–Crippen MR) is 95.3 cm³/mol. The van der Waals surface area contributed by atoms with Gasteiger partial charge in [-0.1, -0.05) is 18.2 Å². The first-order valence-electron chi connectivity index (χ1n) is 7.82. The van der Waals surface area contributed by atoms with Gasteiger partial charge in [-0.15, -0.1) is 0 Å². The number of amides is 2. The van der Waals surface area contributed by atoms with Gasteiger partial charge in [-0.05, 0) is 36.8 Å². The number of hydrogen-bond acceptors (Lipinski definition) is 4. The topological polar surface area (TPSA) is 114 Å². The van der Waals surface area contributed by atoms with Crippen molar-refractivity contribution in [2.24, 2.45) is 5.73 Å². The van der Waals surface area contributed by atoms with E-state index < -0.39 is 17.9 Å². The summed E-state index contributed by atoms with van der Waals surface area (Å²) in [5, 5.41) is 10.1. The summed E-state index contributed by atoms with van der Waals surface area (Å²) < 4.78 is 13.2. The lowest BCUT2D eigenvalue weighted by atomic mass is 10.1. The first-order valence-corrected chi connectivity index (χ1v) is 7.82. The summed E-state index contributed by atoms with van der Waals surface area (Å²) in [4.78, 5) is 27.3. The number of benzene rings is 1. The maximum atomic E-state index is 13.2. The lowest BCUT2D eigenvalue weighted by Gasteiger charge is -2.09. The molecule has 1 atom stereocenters. The number of aromatic amines is 1. The van der Waals surface area contributed by atoms with Crippen LogP contribution in [0.1, 0.15) is 28.7 Å². The number of primary amides is 1. The number of nitrogens with two attached hydrogens (primary N) is 1. The van der Waals surface area contributed by atoms with E-state index in [4.69, 9.17) is 5.73 Å². The van der Waals surface area contributed by atoms with E-state index in [9.17, 15) is 14.0 Å². The maximum absolute atomic E-state index is 13.2. The van der Waals surface area contributed by atoms with E-state index in [1.807, 2.05) is 0 Å². The Bertz CT molecular complexity index is 1010. The molecule has 0 fully saturated rings. The molecule has 3 aromatic rings. The number of fused-ring (bicyclic) bond motifs is 1. The molecule has 1 aromatic carbocycles. The first-order chi connectivity index (χ1) is 12.4. The Kier molecular flexibility index (Phi) is 4.74. The SMILES string of the molecule is C[C@H](NC(=O)c1cc2c(C=Cc3cccc(F)c3)n[nH]c2cn1)C(N)=O. The molecule has 2 heterocycles. The molecule has 132 valence electrons. The van der Waals surface area contributed by atoms with Gasteiger partial charge in [-0.3, -0.25) is 14.7 Å². The number of H-pyrrole nitrogens is 1. The van der Waals surface area contributed by atoms with Gasteiger partial charge in [0.15, 0.2) is 0 Å². The molecule has 0 aliphatic rings. The van der Waals surface area contributed by atoms with Crippen LogP contribution in [0.15, 0.2) is 36.5 Å².